The van der Waals surface area contributed by atoms with Gasteiger partial charge in [0, 0.05) is 11.8 Å². The molecule has 0 bridgehead atoms. The Balaban J connectivity index is 1.97. The molecule has 2 heterocycles. The van der Waals surface area contributed by atoms with Gasteiger partial charge in [-0.15, -0.1) is 0 Å². The lowest BCUT2D eigenvalue weighted by Gasteiger charge is -2.15. The third-order valence-corrected chi connectivity index (χ3v) is 4.46. The number of hydrogen-bond donors (Lipinski definition) is 1. The Morgan fingerprint density at radius 3 is 2.58 bits per heavy atom. The van der Waals surface area contributed by atoms with Crippen LogP contribution in [0.5, 0.6) is 0 Å². The zero-order valence-electron chi connectivity index (χ0n) is 14.6. The van der Waals surface area contributed by atoms with Crippen LogP contribution in [0.4, 0.5) is 17.2 Å². The van der Waals surface area contributed by atoms with Crippen molar-refractivity contribution in [3.8, 4) is 0 Å². The van der Waals surface area contributed by atoms with Gasteiger partial charge in [-0.2, -0.15) is 0 Å². The maximum absolute atomic E-state index is 11.4. The molecule has 0 saturated carbocycles. The van der Waals surface area contributed by atoms with Crippen LogP contribution >= 0.6 is 0 Å². The van der Waals surface area contributed by atoms with Gasteiger partial charge in [0.1, 0.15) is 11.8 Å². The van der Waals surface area contributed by atoms with Crippen molar-refractivity contribution in [2.75, 3.05) is 5.32 Å². The molecule has 0 radical (unpaired) electrons. The molecule has 0 saturated heterocycles. The van der Waals surface area contributed by atoms with Gasteiger partial charge in [-0.05, 0) is 38.0 Å². The minimum absolute atomic E-state index is 0.00671. The first kappa shape index (κ1) is 16.0. The second kappa shape index (κ2) is 5.80. The van der Waals surface area contributed by atoms with Crippen LogP contribution in [0.25, 0.3) is 16.6 Å². The minimum atomic E-state index is -0.398. The van der Waals surface area contributed by atoms with E-state index in [1.54, 1.807) is 29.1 Å². The van der Waals surface area contributed by atoms with Gasteiger partial charge in [0.15, 0.2) is 11.3 Å². The smallest absolute Gasteiger partial charge is 0.295 e. The summed E-state index contributed by atoms with van der Waals surface area (Å²) in [5.41, 5.74) is 6.07. The van der Waals surface area contributed by atoms with Crippen molar-refractivity contribution in [3.63, 3.8) is 0 Å². The molecule has 4 aromatic rings. The summed E-state index contributed by atoms with van der Waals surface area (Å²) >= 11 is 0. The molecule has 1 N–H and O–H groups in total. The van der Waals surface area contributed by atoms with Crippen LogP contribution in [-0.2, 0) is 0 Å². The standard InChI is InChI=1S/C19H17N5O2/c1-11-7-12(2)17(13(3)8-11)22-19-16-9-20-10-23(16)18-14(21-19)5-4-6-15(18)24(25)26/h4-10H,1-3H3,(H,21,22). The molecular weight excluding hydrogens is 330 g/mol. The van der Waals surface area contributed by atoms with Gasteiger partial charge in [0.05, 0.1) is 16.6 Å². The molecule has 0 aliphatic rings. The predicted molar refractivity (Wildman–Crippen MR) is 101 cm³/mol. The van der Waals surface area contributed by atoms with E-state index in [9.17, 15) is 10.1 Å². The number of non-ortho nitro benzene ring substituents is 1. The van der Waals surface area contributed by atoms with E-state index < -0.39 is 4.92 Å². The topological polar surface area (TPSA) is 85.4 Å². The zero-order chi connectivity index (χ0) is 18.4. The van der Waals surface area contributed by atoms with E-state index in [-0.39, 0.29) is 5.69 Å². The van der Waals surface area contributed by atoms with Crippen molar-refractivity contribution in [1.82, 2.24) is 14.4 Å². The second-order valence-electron chi connectivity index (χ2n) is 6.41. The number of para-hydroxylation sites is 1. The van der Waals surface area contributed by atoms with Crippen LogP contribution in [0.15, 0.2) is 42.9 Å². The highest BCUT2D eigenvalue weighted by Gasteiger charge is 2.18. The fourth-order valence-corrected chi connectivity index (χ4v) is 3.42. The molecule has 0 spiro atoms. The number of nitro benzene ring substituents is 1. The maximum Gasteiger partial charge on any atom is 0.295 e. The summed E-state index contributed by atoms with van der Waals surface area (Å²) in [7, 11) is 0. The molecule has 7 heteroatoms. The summed E-state index contributed by atoms with van der Waals surface area (Å²) in [6, 6.07) is 9.10. The molecule has 0 atom stereocenters. The minimum Gasteiger partial charge on any atom is -0.338 e. The highest BCUT2D eigenvalue weighted by molar-refractivity contribution is 5.91. The lowest BCUT2D eigenvalue weighted by atomic mass is 10.1. The number of nitrogens with zero attached hydrogens (tertiary/aromatic N) is 4. The number of anilines is 2. The molecule has 7 nitrogen and oxygen atoms in total. The summed E-state index contributed by atoms with van der Waals surface area (Å²) in [5.74, 6) is 0.616. The molecule has 130 valence electrons. The van der Waals surface area contributed by atoms with Gasteiger partial charge in [-0.25, -0.2) is 9.97 Å². The van der Waals surface area contributed by atoms with Crippen molar-refractivity contribution in [3.05, 3.63) is 69.7 Å². The fraction of sp³-hybridized carbons (Fsp3) is 0.158. The Bertz CT molecular complexity index is 1160. The Kier molecular flexibility index (Phi) is 3.57. The first-order chi connectivity index (χ1) is 12.5. The number of aromatic nitrogens is 3. The van der Waals surface area contributed by atoms with Crippen LogP contribution in [0, 0.1) is 30.9 Å². The molecule has 26 heavy (non-hydrogen) atoms. The number of fused-ring (bicyclic) bond motifs is 3. The van der Waals surface area contributed by atoms with Crippen LogP contribution in [0.3, 0.4) is 0 Å². The average Bonchev–Trinajstić information content (AvgIpc) is 3.07. The molecule has 0 aliphatic heterocycles. The normalized spacial score (nSPS) is 11.2. The Labute approximate surface area is 149 Å². The molecule has 0 amide bonds. The highest BCUT2D eigenvalue weighted by Crippen LogP contribution is 2.31. The van der Waals surface area contributed by atoms with Crippen molar-refractivity contribution in [2.45, 2.75) is 20.8 Å². The quantitative estimate of drug-likeness (QED) is 0.437. The van der Waals surface area contributed by atoms with Crippen molar-refractivity contribution in [2.24, 2.45) is 0 Å². The van der Waals surface area contributed by atoms with Crippen molar-refractivity contribution >= 4 is 33.7 Å². The number of benzene rings is 2. The van der Waals surface area contributed by atoms with E-state index in [2.05, 4.69) is 34.3 Å². The van der Waals surface area contributed by atoms with E-state index in [4.69, 9.17) is 0 Å². The Morgan fingerprint density at radius 2 is 1.88 bits per heavy atom. The first-order valence-electron chi connectivity index (χ1n) is 8.20. The SMILES string of the molecule is Cc1cc(C)c(Nc2nc3cccc([N+](=O)[O-])c3n3cncc23)c(C)c1. The summed E-state index contributed by atoms with van der Waals surface area (Å²) in [4.78, 5) is 19.8. The molecule has 4 rings (SSSR count). The number of rotatable bonds is 3. The van der Waals surface area contributed by atoms with Crippen LogP contribution in [0.2, 0.25) is 0 Å². The van der Waals surface area contributed by atoms with E-state index in [1.165, 1.54) is 11.6 Å². The van der Waals surface area contributed by atoms with Gasteiger partial charge in [0.2, 0.25) is 0 Å². The summed E-state index contributed by atoms with van der Waals surface area (Å²) in [5, 5.41) is 14.8. The number of hydrogen-bond acceptors (Lipinski definition) is 5. The molecular formula is C19H17N5O2. The third kappa shape index (κ3) is 2.45. The highest BCUT2D eigenvalue weighted by atomic mass is 16.6. The molecule has 2 aromatic carbocycles. The van der Waals surface area contributed by atoms with E-state index >= 15 is 0 Å². The van der Waals surface area contributed by atoms with Gasteiger partial charge in [-0.3, -0.25) is 14.5 Å². The summed E-state index contributed by atoms with van der Waals surface area (Å²) in [6.45, 7) is 6.15. The van der Waals surface area contributed by atoms with Gasteiger partial charge >= 0.3 is 0 Å². The van der Waals surface area contributed by atoms with E-state index in [0.717, 1.165) is 16.8 Å². The number of imidazole rings is 1. The van der Waals surface area contributed by atoms with Gasteiger partial charge < -0.3 is 5.32 Å². The van der Waals surface area contributed by atoms with Crippen LogP contribution in [-0.4, -0.2) is 19.3 Å². The molecule has 2 aromatic heterocycles. The largest absolute Gasteiger partial charge is 0.338 e. The zero-order valence-corrected chi connectivity index (χ0v) is 14.6. The van der Waals surface area contributed by atoms with Crippen LogP contribution in [0.1, 0.15) is 16.7 Å². The number of nitrogens with one attached hydrogen (secondary N) is 1. The molecule has 0 unspecified atom stereocenters. The maximum atomic E-state index is 11.4. The van der Waals surface area contributed by atoms with E-state index in [1.807, 2.05) is 13.8 Å². The summed E-state index contributed by atoms with van der Waals surface area (Å²) in [6.07, 6.45) is 3.23. The molecule has 0 fully saturated rings. The second-order valence-corrected chi connectivity index (χ2v) is 6.41. The number of nitro groups is 1. The van der Waals surface area contributed by atoms with Gasteiger partial charge in [0.25, 0.3) is 5.69 Å². The lowest BCUT2D eigenvalue weighted by Crippen LogP contribution is -2.03. The average molecular weight is 347 g/mol. The number of aryl methyl sites for hydroxylation is 3. The molecule has 0 aliphatic carbocycles. The Morgan fingerprint density at radius 1 is 1.15 bits per heavy atom. The third-order valence-electron chi connectivity index (χ3n) is 4.46. The predicted octanol–water partition coefficient (Wildman–Crippen LogP) is 4.46. The monoisotopic (exact) mass is 347 g/mol. The van der Waals surface area contributed by atoms with Gasteiger partial charge in [-0.1, -0.05) is 23.8 Å². The van der Waals surface area contributed by atoms with Crippen molar-refractivity contribution < 1.29 is 4.92 Å². The Hall–Kier alpha value is -3.48. The van der Waals surface area contributed by atoms with Crippen molar-refractivity contribution in [1.29, 1.82) is 0 Å². The first-order valence-corrected chi connectivity index (χ1v) is 8.20. The van der Waals surface area contributed by atoms with E-state index in [0.29, 0.717) is 22.4 Å². The summed E-state index contributed by atoms with van der Waals surface area (Å²) < 4.78 is 1.71. The lowest BCUT2D eigenvalue weighted by molar-refractivity contribution is -0.383. The fourth-order valence-electron chi connectivity index (χ4n) is 3.42. The van der Waals surface area contributed by atoms with Crippen LogP contribution < -0.4 is 5.32 Å².